The highest BCUT2D eigenvalue weighted by atomic mass is 16.5. The third-order valence-electron chi connectivity index (χ3n) is 3.55. The summed E-state index contributed by atoms with van der Waals surface area (Å²) in [6, 6.07) is 14.4. The van der Waals surface area contributed by atoms with Gasteiger partial charge < -0.3 is 4.74 Å². The van der Waals surface area contributed by atoms with E-state index < -0.39 is 0 Å². The molecule has 0 aliphatic rings. The van der Waals surface area contributed by atoms with Crippen molar-refractivity contribution >= 4 is 11.9 Å². The molecule has 0 aromatic heterocycles. The van der Waals surface area contributed by atoms with Crippen LogP contribution < -0.4 is 4.74 Å². The number of nitrogens with zero attached hydrogens (tertiary/aromatic N) is 1. The molecule has 0 saturated carbocycles. The quantitative estimate of drug-likeness (QED) is 0.647. The smallest absolute Gasteiger partial charge is 0.119 e. The van der Waals surface area contributed by atoms with E-state index in [9.17, 15) is 0 Å². The Hall–Kier alpha value is -2.09. The fourth-order valence-corrected chi connectivity index (χ4v) is 2.16. The molecule has 0 atom stereocenters. The molecule has 0 fully saturated rings. The Balaban J connectivity index is 1.97. The van der Waals surface area contributed by atoms with E-state index in [1.807, 2.05) is 30.5 Å². The van der Waals surface area contributed by atoms with E-state index >= 15 is 0 Å². The van der Waals surface area contributed by atoms with Gasteiger partial charge in [0.05, 0.1) is 12.3 Å². The van der Waals surface area contributed by atoms with Crippen molar-refractivity contribution in [1.29, 1.82) is 0 Å². The van der Waals surface area contributed by atoms with Crippen molar-refractivity contribution in [2.45, 2.75) is 34.1 Å². The first-order valence-electron chi connectivity index (χ1n) is 7.89. The third-order valence-corrected chi connectivity index (χ3v) is 3.55. The van der Waals surface area contributed by atoms with Gasteiger partial charge in [-0.05, 0) is 67.6 Å². The van der Waals surface area contributed by atoms with E-state index in [-0.39, 0.29) is 0 Å². The summed E-state index contributed by atoms with van der Waals surface area (Å²) in [6.07, 6.45) is 2.98. The van der Waals surface area contributed by atoms with Gasteiger partial charge in [0, 0.05) is 6.21 Å². The molecule has 0 aliphatic heterocycles. The predicted molar refractivity (Wildman–Crippen MR) is 94.6 cm³/mol. The molecule has 0 N–H and O–H groups in total. The fraction of sp³-hybridized carbons (Fsp3) is 0.350. The molecule has 0 radical (unpaired) electrons. The van der Waals surface area contributed by atoms with Crippen molar-refractivity contribution in [1.82, 2.24) is 0 Å². The number of ether oxygens (including phenoxy) is 1. The standard InChI is InChI=1S/C20H25NO/c1-15(2)11-12-22-19-8-6-18(7-9-19)14-21-20-10-5-16(3)13-17(20)4/h5-10,13-15H,11-12H2,1-4H3. The minimum absolute atomic E-state index is 0.671. The zero-order valence-corrected chi connectivity index (χ0v) is 14.0. The number of hydrogen-bond acceptors (Lipinski definition) is 2. The highest BCUT2D eigenvalue weighted by Gasteiger charge is 1.98. The molecule has 2 aromatic rings. The molecule has 0 heterocycles. The van der Waals surface area contributed by atoms with Gasteiger partial charge in [-0.1, -0.05) is 31.5 Å². The highest BCUT2D eigenvalue weighted by molar-refractivity contribution is 5.82. The first kappa shape index (κ1) is 16.3. The number of aryl methyl sites for hydroxylation is 2. The van der Waals surface area contributed by atoms with Gasteiger partial charge in [0.25, 0.3) is 0 Å². The molecule has 116 valence electrons. The molecule has 0 unspecified atom stereocenters. The second-order valence-corrected chi connectivity index (χ2v) is 6.15. The summed E-state index contributed by atoms with van der Waals surface area (Å²) in [5.74, 6) is 1.59. The van der Waals surface area contributed by atoms with Gasteiger partial charge in [0.15, 0.2) is 0 Å². The van der Waals surface area contributed by atoms with E-state index in [4.69, 9.17) is 4.74 Å². The van der Waals surface area contributed by atoms with Crippen LogP contribution in [0, 0.1) is 19.8 Å². The van der Waals surface area contributed by atoms with Gasteiger partial charge in [0.2, 0.25) is 0 Å². The second-order valence-electron chi connectivity index (χ2n) is 6.15. The third kappa shape index (κ3) is 5.03. The number of benzene rings is 2. The second kappa shape index (κ2) is 7.79. The molecule has 0 aliphatic carbocycles. The maximum Gasteiger partial charge on any atom is 0.119 e. The Morgan fingerprint density at radius 2 is 1.77 bits per heavy atom. The summed E-state index contributed by atoms with van der Waals surface area (Å²) in [7, 11) is 0. The predicted octanol–water partition coefficient (Wildman–Crippen LogP) is 5.48. The van der Waals surface area contributed by atoms with Crippen LogP contribution >= 0.6 is 0 Å². The average Bonchev–Trinajstić information content (AvgIpc) is 2.47. The summed E-state index contributed by atoms with van der Waals surface area (Å²) in [6.45, 7) is 9.36. The molecule has 0 amide bonds. The average molecular weight is 295 g/mol. The molecular weight excluding hydrogens is 270 g/mol. The lowest BCUT2D eigenvalue weighted by Crippen LogP contribution is -2.01. The van der Waals surface area contributed by atoms with E-state index in [2.05, 4.69) is 50.9 Å². The van der Waals surface area contributed by atoms with Crippen LogP contribution in [0.5, 0.6) is 5.75 Å². The molecule has 0 spiro atoms. The van der Waals surface area contributed by atoms with Crippen LogP contribution in [0.15, 0.2) is 47.5 Å². The monoisotopic (exact) mass is 295 g/mol. The van der Waals surface area contributed by atoms with Crippen molar-refractivity contribution < 1.29 is 4.74 Å². The lowest BCUT2D eigenvalue weighted by atomic mass is 10.1. The van der Waals surface area contributed by atoms with E-state index in [0.29, 0.717) is 5.92 Å². The van der Waals surface area contributed by atoms with Crippen LogP contribution in [0.1, 0.15) is 37.0 Å². The van der Waals surface area contributed by atoms with Gasteiger partial charge in [-0.2, -0.15) is 0 Å². The fourth-order valence-electron chi connectivity index (χ4n) is 2.16. The number of hydrogen-bond donors (Lipinski definition) is 0. The highest BCUT2D eigenvalue weighted by Crippen LogP contribution is 2.19. The molecule has 0 saturated heterocycles. The van der Waals surface area contributed by atoms with Gasteiger partial charge >= 0.3 is 0 Å². The molecule has 22 heavy (non-hydrogen) atoms. The molecule has 0 bridgehead atoms. The molecule has 2 nitrogen and oxygen atoms in total. The van der Waals surface area contributed by atoms with Gasteiger partial charge in [-0.3, -0.25) is 4.99 Å². The minimum atomic E-state index is 0.671. The summed E-state index contributed by atoms with van der Waals surface area (Å²) >= 11 is 0. The van der Waals surface area contributed by atoms with Gasteiger partial charge in [-0.25, -0.2) is 0 Å². The topological polar surface area (TPSA) is 21.6 Å². The lowest BCUT2D eigenvalue weighted by Gasteiger charge is -2.08. The van der Waals surface area contributed by atoms with Crippen molar-refractivity contribution in [3.8, 4) is 5.75 Å². The zero-order valence-electron chi connectivity index (χ0n) is 14.0. The van der Waals surface area contributed by atoms with Crippen molar-refractivity contribution in [3.63, 3.8) is 0 Å². The van der Waals surface area contributed by atoms with Crippen LogP contribution in [0.3, 0.4) is 0 Å². The summed E-state index contributed by atoms with van der Waals surface area (Å²) < 4.78 is 5.72. The maximum absolute atomic E-state index is 5.72. The Bertz CT molecular complexity index is 627. The SMILES string of the molecule is Cc1ccc(N=Cc2ccc(OCCC(C)C)cc2)c(C)c1. The van der Waals surface area contributed by atoms with Crippen LogP contribution in [0.25, 0.3) is 0 Å². The van der Waals surface area contributed by atoms with Crippen molar-refractivity contribution in [2.75, 3.05) is 6.61 Å². The van der Waals surface area contributed by atoms with E-state index in [0.717, 1.165) is 30.0 Å². The first-order valence-corrected chi connectivity index (χ1v) is 7.89. The van der Waals surface area contributed by atoms with Crippen LogP contribution in [0.2, 0.25) is 0 Å². The summed E-state index contributed by atoms with van der Waals surface area (Å²) in [5, 5.41) is 0. The molecule has 2 aromatic carbocycles. The Labute approximate surface area is 133 Å². The van der Waals surface area contributed by atoms with Gasteiger partial charge in [-0.15, -0.1) is 0 Å². The van der Waals surface area contributed by atoms with E-state index in [1.54, 1.807) is 0 Å². The normalized spacial score (nSPS) is 11.3. The number of aliphatic imine (C=N–C) groups is 1. The first-order chi connectivity index (χ1) is 10.5. The summed E-state index contributed by atoms with van der Waals surface area (Å²) in [4.78, 5) is 4.57. The molecule has 2 rings (SSSR count). The molecular formula is C20H25NO. The number of rotatable bonds is 6. The van der Waals surface area contributed by atoms with Crippen molar-refractivity contribution in [3.05, 3.63) is 59.2 Å². The summed E-state index contributed by atoms with van der Waals surface area (Å²) in [5.41, 5.74) is 4.56. The van der Waals surface area contributed by atoms with Crippen molar-refractivity contribution in [2.24, 2.45) is 10.9 Å². The Morgan fingerprint density at radius 1 is 1.05 bits per heavy atom. The van der Waals surface area contributed by atoms with Gasteiger partial charge in [0.1, 0.15) is 5.75 Å². The zero-order chi connectivity index (χ0) is 15.9. The maximum atomic E-state index is 5.72. The van der Waals surface area contributed by atoms with Crippen LogP contribution in [-0.2, 0) is 0 Å². The Kier molecular flexibility index (Phi) is 5.76. The van der Waals surface area contributed by atoms with E-state index in [1.165, 1.54) is 11.1 Å². The van der Waals surface area contributed by atoms with Crippen LogP contribution in [-0.4, -0.2) is 12.8 Å². The van der Waals surface area contributed by atoms with Crippen LogP contribution in [0.4, 0.5) is 5.69 Å². The minimum Gasteiger partial charge on any atom is -0.494 e. The largest absolute Gasteiger partial charge is 0.494 e. The Morgan fingerprint density at radius 3 is 2.41 bits per heavy atom. The lowest BCUT2D eigenvalue weighted by molar-refractivity contribution is 0.289. The molecule has 2 heteroatoms.